The van der Waals surface area contributed by atoms with Crippen molar-refractivity contribution in [1.82, 2.24) is 4.90 Å². The number of hydrogen-bond acceptors (Lipinski definition) is 6. The van der Waals surface area contributed by atoms with Gasteiger partial charge >= 0.3 is 11.9 Å². The Morgan fingerprint density at radius 3 is 2.11 bits per heavy atom. The molecule has 6 nitrogen and oxygen atoms in total. The zero-order chi connectivity index (χ0) is 13.5. The van der Waals surface area contributed by atoms with E-state index in [4.69, 9.17) is 0 Å². The third kappa shape index (κ3) is 3.85. The topological polar surface area (TPSA) is 72.9 Å². The van der Waals surface area contributed by atoms with Crippen molar-refractivity contribution in [3.63, 3.8) is 0 Å². The summed E-state index contributed by atoms with van der Waals surface area (Å²) in [6.45, 7) is -0.583. The molecule has 0 aliphatic rings. The van der Waals surface area contributed by atoms with Crippen LogP contribution in [0.3, 0.4) is 0 Å². The molecule has 1 amide bonds. The van der Waals surface area contributed by atoms with E-state index in [0.717, 1.165) is 4.90 Å². The molecule has 0 saturated carbocycles. The second-order valence-corrected chi connectivity index (χ2v) is 4.11. The van der Waals surface area contributed by atoms with Crippen LogP contribution in [0.15, 0.2) is 16.8 Å². The fourth-order valence-corrected chi connectivity index (χ4v) is 1.84. The summed E-state index contributed by atoms with van der Waals surface area (Å²) in [5.74, 6) is -1.60. The van der Waals surface area contributed by atoms with Crippen LogP contribution in [0, 0.1) is 0 Å². The molecule has 98 valence electrons. The average molecular weight is 271 g/mol. The molecule has 18 heavy (non-hydrogen) atoms. The minimum Gasteiger partial charge on any atom is -0.468 e. The largest absolute Gasteiger partial charge is 0.468 e. The first-order valence-electron chi connectivity index (χ1n) is 5.03. The Hall–Kier alpha value is -1.89. The van der Waals surface area contributed by atoms with Crippen LogP contribution in [0.4, 0.5) is 0 Å². The molecule has 1 rings (SSSR count). The van der Waals surface area contributed by atoms with Crippen molar-refractivity contribution >= 4 is 29.2 Å². The van der Waals surface area contributed by atoms with Crippen molar-refractivity contribution in [1.29, 1.82) is 0 Å². The number of methoxy groups -OCH3 is 2. The Morgan fingerprint density at radius 2 is 1.72 bits per heavy atom. The van der Waals surface area contributed by atoms with E-state index in [0.29, 0.717) is 5.56 Å². The molecule has 0 atom stereocenters. The van der Waals surface area contributed by atoms with Crippen LogP contribution in [0.25, 0.3) is 0 Å². The summed E-state index contributed by atoms with van der Waals surface area (Å²) in [5, 5.41) is 3.38. The predicted octanol–water partition coefficient (Wildman–Crippen LogP) is 0.536. The molecule has 0 aromatic carbocycles. The summed E-state index contributed by atoms with van der Waals surface area (Å²) in [6.07, 6.45) is 0. The van der Waals surface area contributed by atoms with Crippen molar-refractivity contribution in [3.8, 4) is 0 Å². The Morgan fingerprint density at radius 1 is 1.17 bits per heavy atom. The third-order valence-corrected chi connectivity index (χ3v) is 2.83. The summed E-state index contributed by atoms with van der Waals surface area (Å²) >= 11 is 1.35. The molecular formula is C11H13NO5S. The van der Waals surface area contributed by atoms with E-state index in [9.17, 15) is 14.4 Å². The number of nitrogens with zero attached hydrogens (tertiary/aromatic N) is 1. The maximum Gasteiger partial charge on any atom is 0.325 e. The number of ether oxygens (including phenoxy) is 2. The van der Waals surface area contributed by atoms with E-state index in [1.807, 2.05) is 0 Å². The zero-order valence-electron chi connectivity index (χ0n) is 10.0. The second-order valence-electron chi connectivity index (χ2n) is 3.33. The fraction of sp³-hybridized carbons (Fsp3) is 0.364. The molecule has 1 aromatic rings. The Balaban J connectivity index is 2.79. The van der Waals surface area contributed by atoms with Crippen LogP contribution in [0.1, 0.15) is 10.4 Å². The van der Waals surface area contributed by atoms with Gasteiger partial charge in [0, 0.05) is 5.38 Å². The number of esters is 2. The van der Waals surface area contributed by atoms with Crippen LogP contribution in [-0.4, -0.2) is 50.1 Å². The molecule has 0 fully saturated rings. The van der Waals surface area contributed by atoms with Gasteiger partial charge < -0.3 is 14.4 Å². The molecule has 1 aromatic heterocycles. The lowest BCUT2D eigenvalue weighted by Crippen LogP contribution is -2.40. The number of rotatable bonds is 5. The van der Waals surface area contributed by atoms with Gasteiger partial charge in [0.05, 0.1) is 19.8 Å². The lowest BCUT2D eigenvalue weighted by atomic mass is 10.3. The van der Waals surface area contributed by atoms with E-state index >= 15 is 0 Å². The summed E-state index contributed by atoms with van der Waals surface area (Å²) in [5.41, 5.74) is 0.424. The van der Waals surface area contributed by atoms with Crippen LogP contribution < -0.4 is 0 Å². The Labute approximate surface area is 108 Å². The fourth-order valence-electron chi connectivity index (χ4n) is 1.21. The van der Waals surface area contributed by atoms with E-state index < -0.39 is 17.8 Å². The van der Waals surface area contributed by atoms with E-state index in [-0.39, 0.29) is 13.1 Å². The van der Waals surface area contributed by atoms with Crippen LogP contribution in [0.2, 0.25) is 0 Å². The maximum absolute atomic E-state index is 12.0. The quantitative estimate of drug-likeness (QED) is 0.731. The molecule has 0 aliphatic heterocycles. The first-order valence-corrected chi connectivity index (χ1v) is 5.98. The number of hydrogen-bond donors (Lipinski definition) is 0. The maximum atomic E-state index is 12.0. The van der Waals surface area contributed by atoms with E-state index in [2.05, 4.69) is 9.47 Å². The Kier molecular flexibility index (Phi) is 5.31. The highest BCUT2D eigenvalue weighted by Crippen LogP contribution is 2.09. The lowest BCUT2D eigenvalue weighted by molar-refractivity contribution is -0.144. The number of carbonyl (C=O) groups is 3. The highest BCUT2D eigenvalue weighted by atomic mass is 32.1. The molecule has 0 N–H and O–H groups in total. The lowest BCUT2D eigenvalue weighted by Gasteiger charge is -2.19. The van der Waals surface area contributed by atoms with E-state index in [1.165, 1.54) is 25.6 Å². The number of thiophene rings is 1. The van der Waals surface area contributed by atoms with Gasteiger partial charge in [-0.2, -0.15) is 11.3 Å². The summed E-state index contributed by atoms with van der Waals surface area (Å²) in [4.78, 5) is 35.5. The van der Waals surface area contributed by atoms with Gasteiger partial charge in [-0.3, -0.25) is 14.4 Å². The SMILES string of the molecule is COC(=O)CN(CC(=O)OC)C(=O)c1ccsc1. The van der Waals surface area contributed by atoms with Crippen molar-refractivity contribution < 1.29 is 23.9 Å². The highest BCUT2D eigenvalue weighted by Gasteiger charge is 2.22. The minimum absolute atomic E-state index is 0.291. The summed E-state index contributed by atoms with van der Waals surface area (Å²) < 4.78 is 8.96. The van der Waals surface area contributed by atoms with Gasteiger partial charge in [-0.1, -0.05) is 0 Å². The van der Waals surface area contributed by atoms with Crippen molar-refractivity contribution in [2.24, 2.45) is 0 Å². The first-order chi connectivity index (χ1) is 8.58. The normalized spacial score (nSPS) is 9.67. The molecule has 0 saturated heterocycles. The second kappa shape index (κ2) is 6.75. The van der Waals surface area contributed by atoms with Gasteiger partial charge in [-0.05, 0) is 11.4 Å². The highest BCUT2D eigenvalue weighted by molar-refractivity contribution is 7.08. The van der Waals surface area contributed by atoms with Crippen LogP contribution in [0.5, 0.6) is 0 Å². The van der Waals surface area contributed by atoms with Crippen molar-refractivity contribution in [2.75, 3.05) is 27.3 Å². The molecule has 0 aliphatic carbocycles. The van der Waals surface area contributed by atoms with Crippen molar-refractivity contribution in [2.45, 2.75) is 0 Å². The number of carbonyl (C=O) groups excluding carboxylic acids is 3. The van der Waals surface area contributed by atoms with Gasteiger partial charge in [-0.15, -0.1) is 0 Å². The zero-order valence-corrected chi connectivity index (χ0v) is 10.9. The van der Waals surface area contributed by atoms with Gasteiger partial charge in [0.2, 0.25) is 0 Å². The molecule has 7 heteroatoms. The molecule has 0 radical (unpaired) electrons. The summed E-state index contributed by atoms with van der Waals surface area (Å²) in [6, 6.07) is 1.62. The monoisotopic (exact) mass is 271 g/mol. The number of amides is 1. The van der Waals surface area contributed by atoms with Crippen molar-refractivity contribution in [3.05, 3.63) is 22.4 Å². The van der Waals surface area contributed by atoms with Gasteiger partial charge in [-0.25, -0.2) is 0 Å². The van der Waals surface area contributed by atoms with Crippen LogP contribution >= 0.6 is 11.3 Å². The smallest absolute Gasteiger partial charge is 0.325 e. The average Bonchev–Trinajstić information content (AvgIpc) is 2.90. The van der Waals surface area contributed by atoms with Gasteiger partial charge in [0.25, 0.3) is 5.91 Å². The molecule has 0 spiro atoms. The predicted molar refractivity (Wildman–Crippen MR) is 64.3 cm³/mol. The Bertz CT molecular complexity index is 411. The molecular weight excluding hydrogens is 258 g/mol. The molecule has 0 bridgehead atoms. The summed E-state index contributed by atoms with van der Waals surface area (Å²) in [7, 11) is 2.43. The first kappa shape index (κ1) is 14.2. The standard InChI is InChI=1S/C11H13NO5S/c1-16-9(13)5-12(6-10(14)17-2)11(15)8-3-4-18-7-8/h3-4,7H,5-6H2,1-2H3. The molecule has 0 unspecified atom stereocenters. The van der Waals surface area contributed by atoms with E-state index in [1.54, 1.807) is 16.8 Å². The third-order valence-electron chi connectivity index (χ3n) is 2.15. The molecule has 1 heterocycles. The van der Waals surface area contributed by atoms with Gasteiger partial charge in [0.1, 0.15) is 13.1 Å². The minimum atomic E-state index is -0.595. The van der Waals surface area contributed by atoms with Crippen LogP contribution in [-0.2, 0) is 19.1 Å². The van der Waals surface area contributed by atoms with Gasteiger partial charge in [0.15, 0.2) is 0 Å².